The van der Waals surface area contributed by atoms with Gasteiger partial charge in [-0.1, -0.05) is 24.8 Å². The van der Waals surface area contributed by atoms with Gasteiger partial charge in [-0.15, -0.1) is 21.5 Å². The lowest BCUT2D eigenvalue weighted by molar-refractivity contribution is -0.116. The Hall–Kier alpha value is -2.65. The van der Waals surface area contributed by atoms with E-state index in [1.54, 1.807) is 42.5 Å². The first-order chi connectivity index (χ1) is 13.1. The number of rotatable bonds is 7. The molecule has 0 aliphatic heterocycles. The van der Waals surface area contributed by atoms with Crippen LogP contribution in [0.5, 0.6) is 0 Å². The molecule has 0 atom stereocenters. The number of benzene rings is 1. The van der Waals surface area contributed by atoms with Crippen LogP contribution in [-0.4, -0.2) is 32.3 Å². The molecule has 0 saturated heterocycles. The summed E-state index contributed by atoms with van der Waals surface area (Å²) in [5, 5.41) is 16.6. The van der Waals surface area contributed by atoms with Gasteiger partial charge in [0.2, 0.25) is 11.8 Å². The van der Waals surface area contributed by atoms with Crippen LogP contribution < -0.4 is 10.6 Å². The van der Waals surface area contributed by atoms with Gasteiger partial charge < -0.3 is 15.2 Å². The van der Waals surface area contributed by atoms with E-state index >= 15 is 0 Å². The second-order valence-corrected chi connectivity index (χ2v) is 7.55. The third-order valence-corrected chi connectivity index (χ3v) is 5.57. The molecule has 0 aliphatic carbocycles. The van der Waals surface area contributed by atoms with Gasteiger partial charge in [0.1, 0.15) is 0 Å². The summed E-state index contributed by atoms with van der Waals surface area (Å²) in [6.07, 6.45) is 0.423. The molecule has 140 valence electrons. The fourth-order valence-electron chi connectivity index (χ4n) is 2.27. The van der Waals surface area contributed by atoms with Gasteiger partial charge in [0.25, 0.3) is 0 Å². The predicted octanol–water partition coefficient (Wildman–Crippen LogP) is 3.62. The van der Waals surface area contributed by atoms with Crippen molar-refractivity contribution in [1.29, 1.82) is 0 Å². The molecular weight excluding hydrogens is 382 g/mol. The average molecular weight is 402 g/mol. The number of carbonyl (C=O) groups excluding carboxylic acids is 2. The van der Waals surface area contributed by atoms with Crippen LogP contribution >= 0.6 is 23.1 Å². The molecule has 2 aromatic heterocycles. The summed E-state index contributed by atoms with van der Waals surface area (Å²) in [4.78, 5) is 24.6. The monoisotopic (exact) mass is 401 g/mol. The Morgan fingerprint density at radius 1 is 1.07 bits per heavy atom. The van der Waals surface area contributed by atoms with Crippen molar-refractivity contribution in [3.63, 3.8) is 0 Å². The van der Waals surface area contributed by atoms with Crippen molar-refractivity contribution in [2.45, 2.75) is 18.5 Å². The van der Waals surface area contributed by atoms with E-state index in [1.165, 1.54) is 11.8 Å². The molecule has 0 fully saturated rings. The van der Waals surface area contributed by atoms with Gasteiger partial charge >= 0.3 is 0 Å². The molecule has 0 bridgehead atoms. The van der Waals surface area contributed by atoms with Crippen LogP contribution in [0.2, 0.25) is 0 Å². The fourth-order valence-corrected chi connectivity index (χ4v) is 3.73. The molecule has 3 aromatic rings. The zero-order valence-electron chi connectivity index (χ0n) is 14.9. The highest BCUT2D eigenvalue weighted by molar-refractivity contribution is 7.99. The molecule has 2 N–H and O–H groups in total. The molecule has 0 spiro atoms. The normalized spacial score (nSPS) is 10.6. The number of thioether (sulfide) groups is 1. The van der Waals surface area contributed by atoms with Crippen LogP contribution in [0.25, 0.3) is 10.7 Å². The van der Waals surface area contributed by atoms with Crippen molar-refractivity contribution < 1.29 is 9.59 Å². The number of hydrogen-bond acceptors (Lipinski definition) is 6. The zero-order chi connectivity index (χ0) is 19.2. The van der Waals surface area contributed by atoms with E-state index in [1.807, 2.05) is 29.1 Å². The van der Waals surface area contributed by atoms with Crippen LogP contribution in [0, 0.1) is 0 Å². The van der Waals surface area contributed by atoms with E-state index in [4.69, 9.17) is 0 Å². The van der Waals surface area contributed by atoms with E-state index in [0.717, 1.165) is 10.7 Å². The first-order valence-corrected chi connectivity index (χ1v) is 10.2. The Morgan fingerprint density at radius 2 is 1.74 bits per heavy atom. The largest absolute Gasteiger partial charge is 0.326 e. The van der Waals surface area contributed by atoms with E-state index in [2.05, 4.69) is 20.8 Å². The fraction of sp³-hybridized carbons (Fsp3) is 0.222. The third-order valence-electron chi connectivity index (χ3n) is 3.68. The molecular formula is C18H19N5O2S2. The maximum atomic E-state index is 12.2. The van der Waals surface area contributed by atoms with E-state index in [9.17, 15) is 9.59 Å². The number of nitrogens with one attached hydrogen (secondary N) is 2. The summed E-state index contributed by atoms with van der Waals surface area (Å²) < 4.78 is 1.88. The minimum absolute atomic E-state index is 0.0474. The van der Waals surface area contributed by atoms with Crippen LogP contribution in [0.1, 0.15) is 13.3 Å². The maximum Gasteiger partial charge on any atom is 0.234 e. The van der Waals surface area contributed by atoms with E-state index in [0.29, 0.717) is 23.0 Å². The summed E-state index contributed by atoms with van der Waals surface area (Å²) in [5.74, 6) is 0.836. The minimum Gasteiger partial charge on any atom is -0.326 e. The topological polar surface area (TPSA) is 88.9 Å². The lowest BCUT2D eigenvalue weighted by Crippen LogP contribution is -2.14. The molecule has 0 aliphatic rings. The van der Waals surface area contributed by atoms with E-state index < -0.39 is 0 Å². The Bertz CT molecular complexity index is 920. The Balaban J connectivity index is 1.53. The lowest BCUT2D eigenvalue weighted by Gasteiger charge is -2.07. The maximum absolute atomic E-state index is 12.2. The van der Waals surface area contributed by atoms with Gasteiger partial charge in [0.05, 0.1) is 10.6 Å². The van der Waals surface area contributed by atoms with Gasteiger partial charge in [-0.2, -0.15) is 0 Å². The summed E-state index contributed by atoms with van der Waals surface area (Å²) in [6.45, 7) is 1.79. The van der Waals surface area contributed by atoms with Crippen LogP contribution in [0.15, 0.2) is 46.9 Å². The number of carbonyl (C=O) groups is 2. The number of nitrogens with zero attached hydrogens (tertiary/aromatic N) is 3. The highest BCUT2D eigenvalue weighted by atomic mass is 32.2. The molecule has 0 unspecified atom stereocenters. The highest BCUT2D eigenvalue weighted by Gasteiger charge is 2.13. The van der Waals surface area contributed by atoms with Gasteiger partial charge in [-0.05, 0) is 35.7 Å². The van der Waals surface area contributed by atoms with Crippen molar-refractivity contribution in [2.24, 2.45) is 7.05 Å². The SMILES string of the molecule is CCC(=O)Nc1ccc(NC(=O)CSc2nnc(-c3cccs3)n2C)cc1. The molecule has 2 heterocycles. The van der Waals surface area contributed by atoms with Gasteiger partial charge in [0.15, 0.2) is 11.0 Å². The van der Waals surface area contributed by atoms with Crippen molar-refractivity contribution in [3.8, 4) is 10.7 Å². The van der Waals surface area contributed by atoms with Crippen LogP contribution in [-0.2, 0) is 16.6 Å². The quantitative estimate of drug-likeness (QED) is 0.590. The first-order valence-electron chi connectivity index (χ1n) is 8.32. The van der Waals surface area contributed by atoms with Crippen molar-refractivity contribution in [2.75, 3.05) is 16.4 Å². The van der Waals surface area contributed by atoms with Gasteiger partial charge in [0, 0.05) is 24.8 Å². The van der Waals surface area contributed by atoms with Gasteiger partial charge in [-0.3, -0.25) is 9.59 Å². The summed E-state index contributed by atoms with van der Waals surface area (Å²) in [5.41, 5.74) is 1.38. The summed E-state index contributed by atoms with van der Waals surface area (Å²) >= 11 is 2.93. The van der Waals surface area contributed by atoms with Crippen molar-refractivity contribution >= 4 is 46.3 Å². The lowest BCUT2D eigenvalue weighted by atomic mass is 10.2. The Kier molecular flexibility index (Phi) is 6.25. The van der Waals surface area contributed by atoms with Gasteiger partial charge in [-0.25, -0.2) is 0 Å². The van der Waals surface area contributed by atoms with Crippen molar-refractivity contribution in [1.82, 2.24) is 14.8 Å². The number of aromatic nitrogens is 3. The number of amides is 2. The molecule has 9 heteroatoms. The summed E-state index contributed by atoms with van der Waals surface area (Å²) in [6, 6.07) is 11.0. The zero-order valence-corrected chi connectivity index (χ0v) is 16.6. The highest BCUT2D eigenvalue weighted by Crippen LogP contribution is 2.26. The molecule has 27 heavy (non-hydrogen) atoms. The number of anilines is 2. The second kappa shape index (κ2) is 8.83. The summed E-state index contributed by atoms with van der Waals surface area (Å²) in [7, 11) is 1.89. The predicted molar refractivity (Wildman–Crippen MR) is 109 cm³/mol. The molecule has 0 radical (unpaired) electrons. The minimum atomic E-state index is -0.133. The standard InChI is InChI=1S/C18H19N5O2S2/c1-3-15(24)19-12-6-8-13(9-7-12)20-16(25)11-27-18-22-21-17(23(18)2)14-5-4-10-26-14/h4-10H,3,11H2,1-2H3,(H,19,24)(H,20,25). The number of thiophene rings is 1. The Labute approximate surface area is 165 Å². The van der Waals surface area contributed by atoms with E-state index in [-0.39, 0.29) is 17.6 Å². The molecule has 7 nitrogen and oxygen atoms in total. The molecule has 3 rings (SSSR count). The molecule has 1 aromatic carbocycles. The first kappa shape index (κ1) is 19.1. The average Bonchev–Trinajstić information content (AvgIpc) is 3.31. The molecule has 0 saturated carbocycles. The molecule has 2 amide bonds. The van der Waals surface area contributed by atoms with Crippen LogP contribution in [0.3, 0.4) is 0 Å². The Morgan fingerprint density at radius 3 is 2.33 bits per heavy atom. The van der Waals surface area contributed by atoms with Crippen molar-refractivity contribution in [3.05, 3.63) is 41.8 Å². The second-order valence-electron chi connectivity index (χ2n) is 5.66. The number of hydrogen-bond donors (Lipinski definition) is 2. The third kappa shape index (κ3) is 4.95. The smallest absolute Gasteiger partial charge is 0.234 e. The van der Waals surface area contributed by atoms with Crippen LogP contribution in [0.4, 0.5) is 11.4 Å².